The number of amides is 1. The third kappa shape index (κ3) is 1.96. The predicted octanol–water partition coefficient (Wildman–Crippen LogP) is 2.44. The van der Waals surface area contributed by atoms with Crippen LogP contribution >= 0.6 is 0 Å². The number of hydrogen-bond donors (Lipinski definition) is 2. The van der Waals surface area contributed by atoms with E-state index in [9.17, 15) is 9.90 Å². The Balaban J connectivity index is 1.98. The molecular weight excluding hydrogens is 214 g/mol. The predicted molar refractivity (Wildman–Crippen MR) is 66.1 cm³/mol. The number of aromatic hydroxyl groups is 1. The molecule has 2 aromatic rings. The van der Waals surface area contributed by atoms with Crippen molar-refractivity contribution in [3.63, 3.8) is 0 Å². The molecule has 3 heteroatoms. The molecule has 0 atom stereocenters. The molecule has 0 unspecified atom stereocenters. The normalized spacial score (nSPS) is 14.8. The van der Waals surface area contributed by atoms with E-state index in [0.29, 0.717) is 11.6 Å². The van der Waals surface area contributed by atoms with Crippen molar-refractivity contribution in [1.29, 1.82) is 0 Å². The number of rotatable bonds is 2. The molecule has 17 heavy (non-hydrogen) atoms. The average Bonchev–Trinajstić information content (AvgIpc) is 3.13. The molecule has 3 rings (SSSR count). The molecule has 0 aromatic heterocycles. The van der Waals surface area contributed by atoms with E-state index in [-0.39, 0.29) is 11.7 Å². The van der Waals surface area contributed by atoms with Crippen molar-refractivity contribution in [2.75, 3.05) is 0 Å². The Morgan fingerprint density at radius 2 is 2.06 bits per heavy atom. The van der Waals surface area contributed by atoms with Gasteiger partial charge in [-0.1, -0.05) is 12.1 Å². The summed E-state index contributed by atoms with van der Waals surface area (Å²) in [5, 5.41) is 14.3. The van der Waals surface area contributed by atoms with E-state index >= 15 is 0 Å². The van der Waals surface area contributed by atoms with Crippen molar-refractivity contribution in [3.8, 4) is 5.75 Å². The van der Waals surface area contributed by atoms with Gasteiger partial charge in [0.05, 0.1) is 0 Å². The standard InChI is InChI=1S/C14H13NO2/c16-13-3-1-2-9-8-10(4-7-12(9)13)14(17)15-11-5-6-11/h1-4,7-8,11,16H,5-6H2,(H,15,17). The second-order valence-corrected chi connectivity index (χ2v) is 4.46. The molecule has 1 saturated carbocycles. The highest BCUT2D eigenvalue weighted by Gasteiger charge is 2.23. The maximum Gasteiger partial charge on any atom is 0.251 e. The minimum atomic E-state index is -0.0299. The van der Waals surface area contributed by atoms with Crippen LogP contribution in [-0.4, -0.2) is 17.1 Å². The average molecular weight is 227 g/mol. The van der Waals surface area contributed by atoms with Crippen LogP contribution in [0.3, 0.4) is 0 Å². The lowest BCUT2D eigenvalue weighted by Gasteiger charge is -2.05. The summed E-state index contributed by atoms with van der Waals surface area (Å²) in [7, 11) is 0. The van der Waals surface area contributed by atoms with Crippen molar-refractivity contribution in [3.05, 3.63) is 42.0 Å². The number of nitrogens with one attached hydrogen (secondary N) is 1. The van der Waals surface area contributed by atoms with Gasteiger partial charge in [0.2, 0.25) is 0 Å². The summed E-state index contributed by atoms with van der Waals surface area (Å²) < 4.78 is 0. The van der Waals surface area contributed by atoms with Crippen LogP contribution < -0.4 is 5.32 Å². The zero-order chi connectivity index (χ0) is 11.8. The molecule has 1 amide bonds. The van der Waals surface area contributed by atoms with Crippen molar-refractivity contribution >= 4 is 16.7 Å². The van der Waals surface area contributed by atoms with Gasteiger partial charge < -0.3 is 10.4 Å². The van der Waals surface area contributed by atoms with Crippen LogP contribution in [0, 0.1) is 0 Å². The molecule has 2 N–H and O–H groups in total. The number of hydrogen-bond acceptors (Lipinski definition) is 2. The maximum absolute atomic E-state index is 11.9. The number of phenolic OH excluding ortho intramolecular Hbond substituents is 1. The van der Waals surface area contributed by atoms with E-state index in [1.165, 1.54) is 0 Å². The number of fused-ring (bicyclic) bond motifs is 1. The Kier molecular flexibility index (Phi) is 2.25. The maximum atomic E-state index is 11.9. The van der Waals surface area contributed by atoms with Crippen LogP contribution in [0.4, 0.5) is 0 Å². The van der Waals surface area contributed by atoms with E-state index in [2.05, 4.69) is 5.32 Å². The summed E-state index contributed by atoms with van der Waals surface area (Å²) in [6.07, 6.45) is 2.17. The lowest BCUT2D eigenvalue weighted by atomic mass is 10.1. The van der Waals surface area contributed by atoms with Crippen molar-refractivity contribution in [2.24, 2.45) is 0 Å². The molecule has 86 valence electrons. The summed E-state index contributed by atoms with van der Waals surface area (Å²) in [6, 6.07) is 11.0. The van der Waals surface area contributed by atoms with Crippen LogP contribution in [0.5, 0.6) is 5.75 Å². The highest BCUT2D eigenvalue weighted by molar-refractivity contribution is 6.00. The van der Waals surface area contributed by atoms with E-state index in [4.69, 9.17) is 0 Å². The van der Waals surface area contributed by atoms with Crippen molar-refractivity contribution in [2.45, 2.75) is 18.9 Å². The lowest BCUT2D eigenvalue weighted by molar-refractivity contribution is 0.0951. The number of carbonyl (C=O) groups excluding carboxylic acids is 1. The third-order valence-electron chi connectivity index (χ3n) is 3.03. The van der Waals surface area contributed by atoms with E-state index in [0.717, 1.165) is 23.6 Å². The minimum Gasteiger partial charge on any atom is -0.507 e. The molecule has 0 heterocycles. The zero-order valence-electron chi connectivity index (χ0n) is 9.31. The van der Waals surface area contributed by atoms with Crippen LogP contribution in [0.25, 0.3) is 10.8 Å². The van der Waals surface area contributed by atoms with Gasteiger partial charge in [0.1, 0.15) is 5.75 Å². The van der Waals surface area contributed by atoms with Crippen molar-refractivity contribution < 1.29 is 9.90 Å². The zero-order valence-corrected chi connectivity index (χ0v) is 9.31. The van der Waals surface area contributed by atoms with E-state index in [1.54, 1.807) is 24.3 Å². The Bertz CT molecular complexity index is 588. The summed E-state index contributed by atoms with van der Waals surface area (Å²) in [4.78, 5) is 11.9. The molecule has 1 aliphatic rings. The molecule has 0 spiro atoms. The molecule has 0 aliphatic heterocycles. The largest absolute Gasteiger partial charge is 0.507 e. The van der Waals surface area contributed by atoms with Gasteiger partial charge in [-0.15, -0.1) is 0 Å². The Hall–Kier alpha value is -2.03. The highest BCUT2D eigenvalue weighted by Crippen LogP contribution is 2.25. The van der Waals surface area contributed by atoms with Crippen molar-refractivity contribution in [1.82, 2.24) is 5.32 Å². The fraction of sp³-hybridized carbons (Fsp3) is 0.214. The van der Waals surface area contributed by atoms with Gasteiger partial charge in [-0.05, 0) is 42.5 Å². The fourth-order valence-electron chi connectivity index (χ4n) is 1.90. The number of benzene rings is 2. The Morgan fingerprint density at radius 1 is 1.24 bits per heavy atom. The van der Waals surface area contributed by atoms with Gasteiger partial charge in [0.15, 0.2) is 0 Å². The number of phenols is 1. The topological polar surface area (TPSA) is 49.3 Å². The monoisotopic (exact) mass is 227 g/mol. The Morgan fingerprint density at radius 3 is 2.82 bits per heavy atom. The minimum absolute atomic E-state index is 0.0299. The molecule has 0 bridgehead atoms. The van der Waals surface area contributed by atoms with Crippen LogP contribution in [0.1, 0.15) is 23.2 Å². The van der Waals surface area contributed by atoms with Gasteiger partial charge in [-0.2, -0.15) is 0 Å². The highest BCUT2D eigenvalue weighted by atomic mass is 16.3. The Labute approximate surface area is 99.1 Å². The van der Waals surface area contributed by atoms with Gasteiger partial charge >= 0.3 is 0 Å². The number of carbonyl (C=O) groups is 1. The molecular formula is C14H13NO2. The first-order chi connectivity index (χ1) is 8.24. The third-order valence-corrected chi connectivity index (χ3v) is 3.03. The van der Waals surface area contributed by atoms with Gasteiger partial charge in [0.25, 0.3) is 5.91 Å². The first-order valence-corrected chi connectivity index (χ1v) is 5.76. The quantitative estimate of drug-likeness (QED) is 0.827. The SMILES string of the molecule is O=C(NC1CC1)c1ccc2c(O)cccc2c1. The fourth-order valence-corrected chi connectivity index (χ4v) is 1.90. The molecule has 1 aliphatic carbocycles. The molecule has 1 fully saturated rings. The van der Waals surface area contributed by atoms with Crippen LogP contribution in [0.2, 0.25) is 0 Å². The van der Waals surface area contributed by atoms with Gasteiger partial charge in [-0.3, -0.25) is 4.79 Å². The summed E-state index contributed by atoms with van der Waals surface area (Å²) >= 11 is 0. The molecule has 0 saturated heterocycles. The summed E-state index contributed by atoms with van der Waals surface area (Å²) in [5.74, 6) is 0.217. The second-order valence-electron chi connectivity index (χ2n) is 4.46. The first kappa shape index (κ1) is 10.1. The molecule has 0 radical (unpaired) electrons. The van der Waals surface area contributed by atoms with Crippen LogP contribution in [0.15, 0.2) is 36.4 Å². The first-order valence-electron chi connectivity index (χ1n) is 5.76. The molecule has 2 aromatic carbocycles. The van der Waals surface area contributed by atoms with Gasteiger partial charge in [0, 0.05) is 17.0 Å². The summed E-state index contributed by atoms with van der Waals surface area (Å²) in [5.41, 5.74) is 0.648. The summed E-state index contributed by atoms with van der Waals surface area (Å²) in [6.45, 7) is 0. The smallest absolute Gasteiger partial charge is 0.251 e. The van der Waals surface area contributed by atoms with Crippen LogP contribution in [-0.2, 0) is 0 Å². The lowest BCUT2D eigenvalue weighted by Crippen LogP contribution is -2.25. The van der Waals surface area contributed by atoms with Gasteiger partial charge in [-0.25, -0.2) is 0 Å². The van der Waals surface area contributed by atoms with E-state index < -0.39 is 0 Å². The molecule has 3 nitrogen and oxygen atoms in total. The van der Waals surface area contributed by atoms with E-state index in [1.807, 2.05) is 12.1 Å². The second kappa shape index (κ2) is 3.77.